The molecule has 29 heavy (non-hydrogen) atoms. The molecule has 148 valence electrons. The molecule has 3 aromatic carbocycles. The van der Waals surface area contributed by atoms with Crippen LogP contribution in [-0.2, 0) is 11.2 Å². The fourth-order valence-electron chi connectivity index (χ4n) is 2.83. The van der Waals surface area contributed by atoms with Crippen LogP contribution >= 0.6 is 0 Å². The van der Waals surface area contributed by atoms with E-state index in [4.69, 9.17) is 4.74 Å². The van der Waals surface area contributed by atoms with Crippen LogP contribution in [0.1, 0.15) is 21.5 Å². The Labute approximate surface area is 169 Å². The van der Waals surface area contributed by atoms with Crippen LogP contribution in [0.15, 0.2) is 66.7 Å². The third-order valence-electron chi connectivity index (χ3n) is 4.33. The van der Waals surface area contributed by atoms with Crippen LogP contribution in [0, 0.1) is 6.92 Å². The molecule has 0 fully saturated rings. The van der Waals surface area contributed by atoms with Crippen LogP contribution < -0.4 is 15.4 Å². The average molecular weight is 390 g/mol. The average Bonchev–Trinajstić information content (AvgIpc) is 2.70. The highest BCUT2D eigenvalue weighted by molar-refractivity contribution is 6.05. The molecule has 3 aromatic rings. The van der Waals surface area contributed by atoms with E-state index < -0.39 is 0 Å². The standard InChI is InChI=1S/C23H22N2O4/c1-15-4-3-5-17(12-15)23(28)25-20-11-8-18(14-21(20)26)24-22(27)13-16-6-9-19(29-2)10-7-16/h3-12,14,26H,13H2,1-2H3,(H,24,27)(H,25,28). The van der Waals surface area contributed by atoms with Gasteiger partial charge in [-0.3, -0.25) is 9.59 Å². The number of anilines is 2. The van der Waals surface area contributed by atoms with E-state index in [-0.39, 0.29) is 29.7 Å². The van der Waals surface area contributed by atoms with Crippen LogP contribution in [0.3, 0.4) is 0 Å². The fourth-order valence-corrected chi connectivity index (χ4v) is 2.83. The third-order valence-corrected chi connectivity index (χ3v) is 4.33. The van der Waals surface area contributed by atoms with Gasteiger partial charge < -0.3 is 20.5 Å². The summed E-state index contributed by atoms with van der Waals surface area (Å²) >= 11 is 0. The number of rotatable bonds is 6. The number of amides is 2. The normalized spacial score (nSPS) is 10.3. The van der Waals surface area contributed by atoms with Crippen LogP contribution in [0.4, 0.5) is 11.4 Å². The third kappa shape index (κ3) is 5.35. The molecule has 0 bridgehead atoms. The molecular formula is C23H22N2O4. The molecule has 0 aliphatic rings. The lowest BCUT2D eigenvalue weighted by Crippen LogP contribution is -2.15. The topological polar surface area (TPSA) is 87.7 Å². The monoisotopic (exact) mass is 390 g/mol. The number of aryl methyl sites for hydroxylation is 1. The van der Waals surface area contributed by atoms with Crippen LogP contribution in [0.25, 0.3) is 0 Å². The van der Waals surface area contributed by atoms with Gasteiger partial charge in [-0.25, -0.2) is 0 Å². The number of nitrogens with one attached hydrogen (secondary N) is 2. The predicted octanol–water partition coefficient (Wildman–Crippen LogP) is 4.14. The molecule has 3 rings (SSSR count). The summed E-state index contributed by atoms with van der Waals surface area (Å²) in [5.74, 6) is 0.0574. The zero-order valence-electron chi connectivity index (χ0n) is 16.2. The highest BCUT2D eigenvalue weighted by atomic mass is 16.5. The van der Waals surface area contributed by atoms with Crippen molar-refractivity contribution >= 4 is 23.2 Å². The maximum Gasteiger partial charge on any atom is 0.255 e. The zero-order chi connectivity index (χ0) is 20.8. The molecule has 0 unspecified atom stereocenters. The molecule has 6 heteroatoms. The molecule has 0 radical (unpaired) electrons. The number of phenols is 1. The second-order valence-corrected chi connectivity index (χ2v) is 6.63. The first-order chi connectivity index (χ1) is 13.9. The number of hydrogen-bond donors (Lipinski definition) is 3. The Balaban J connectivity index is 1.62. The van der Waals surface area contributed by atoms with Gasteiger partial charge in [0, 0.05) is 17.3 Å². The van der Waals surface area contributed by atoms with Gasteiger partial charge in [0.1, 0.15) is 11.5 Å². The van der Waals surface area contributed by atoms with Gasteiger partial charge in [-0.2, -0.15) is 0 Å². The molecule has 3 N–H and O–H groups in total. The van der Waals surface area contributed by atoms with E-state index in [2.05, 4.69) is 10.6 Å². The van der Waals surface area contributed by atoms with E-state index in [9.17, 15) is 14.7 Å². The SMILES string of the molecule is COc1ccc(CC(=O)Nc2ccc(NC(=O)c3cccc(C)c3)c(O)c2)cc1. The number of carbonyl (C=O) groups is 2. The van der Waals surface area contributed by atoms with Gasteiger partial charge in [0.05, 0.1) is 19.2 Å². The summed E-state index contributed by atoms with van der Waals surface area (Å²) in [6.07, 6.45) is 0.191. The van der Waals surface area contributed by atoms with Crippen molar-refractivity contribution < 1.29 is 19.4 Å². The number of benzene rings is 3. The maximum absolute atomic E-state index is 12.3. The smallest absolute Gasteiger partial charge is 0.255 e. The Bertz CT molecular complexity index is 1030. The molecule has 0 spiro atoms. The maximum atomic E-state index is 12.3. The second kappa shape index (κ2) is 8.93. The number of methoxy groups -OCH3 is 1. The molecule has 0 saturated carbocycles. The van der Waals surface area contributed by atoms with Crippen molar-refractivity contribution in [2.24, 2.45) is 0 Å². The van der Waals surface area contributed by atoms with Crippen molar-refractivity contribution in [3.63, 3.8) is 0 Å². The molecular weight excluding hydrogens is 368 g/mol. The molecule has 0 saturated heterocycles. The Morgan fingerprint density at radius 2 is 1.72 bits per heavy atom. The summed E-state index contributed by atoms with van der Waals surface area (Å²) in [6, 6.07) is 19.0. The van der Waals surface area contributed by atoms with Gasteiger partial charge in [-0.15, -0.1) is 0 Å². The first-order valence-electron chi connectivity index (χ1n) is 9.08. The summed E-state index contributed by atoms with van der Waals surface area (Å²) in [5, 5.41) is 15.6. The lowest BCUT2D eigenvalue weighted by molar-refractivity contribution is -0.115. The van der Waals surface area contributed by atoms with Gasteiger partial charge in [-0.05, 0) is 48.9 Å². The lowest BCUT2D eigenvalue weighted by atomic mass is 10.1. The predicted molar refractivity (Wildman–Crippen MR) is 113 cm³/mol. The van der Waals surface area contributed by atoms with Gasteiger partial charge >= 0.3 is 0 Å². The minimum atomic E-state index is -0.319. The van der Waals surface area contributed by atoms with Crippen molar-refractivity contribution in [1.29, 1.82) is 0 Å². The van der Waals surface area contributed by atoms with Gasteiger partial charge in [0.25, 0.3) is 5.91 Å². The van der Waals surface area contributed by atoms with Crippen LogP contribution in [-0.4, -0.2) is 24.0 Å². The summed E-state index contributed by atoms with van der Waals surface area (Å²) in [7, 11) is 1.58. The minimum Gasteiger partial charge on any atom is -0.506 e. The number of phenolic OH excluding ortho intramolecular Hbond substituents is 1. The second-order valence-electron chi connectivity index (χ2n) is 6.63. The van der Waals surface area contributed by atoms with E-state index in [1.54, 1.807) is 49.6 Å². The highest BCUT2D eigenvalue weighted by Crippen LogP contribution is 2.27. The Morgan fingerprint density at radius 1 is 0.966 bits per heavy atom. The largest absolute Gasteiger partial charge is 0.506 e. The Hall–Kier alpha value is -3.80. The van der Waals surface area contributed by atoms with Crippen molar-refractivity contribution in [2.75, 3.05) is 17.7 Å². The number of ether oxygens (including phenoxy) is 1. The van der Waals surface area contributed by atoms with Crippen molar-refractivity contribution in [2.45, 2.75) is 13.3 Å². The zero-order valence-corrected chi connectivity index (χ0v) is 16.2. The number of aromatic hydroxyl groups is 1. The van der Waals surface area contributed by atoms with E-state index in [1.807, 2.05) is 25.1 Å². The molecule has 0 aromatic heterocycles. The lowest BCUT2D eigenvalue weighted by Gasteiger charge is -2.11. The van der Waals surface area contributed by atoms with Gasteiger partial charge in [-0.1, -0.05) is 29.8 Å². The van der Waals surface area contributed by atoms with Gasteiger partial charge in [0.15, 0.2) is 0 Å². The van der Waals surface area contributed by atoms with E-state index in [0.717, 1.165) is 16.9 Å². The molecule has 6 nitrogen and oxygen atoms in total. The summed E-state index contributed by atoms with van der Waals surface area (Å²) in [4.78, 5) is 24.6. The molecule has 2 amide bonds. The number of carbonyl (C=O) groups excluding carboxylic acids is 2. The first kappa shape index (κ1) is 19.9. The summed E-state index contributed by atoms with van der Waals surface area (Å²) in [6.45, 7) is 1.90. The molecule has 0 aliphatic carbocycles. The van der Waals surface area contributed by atoms with Crippen molar-refractivity contribution in [1.82, 2.24) is 0 Å². The quantitative estimate of drug-likeness (QED) is 0.552. The van der Waals surface area contributed by atoms with Crippen molar-refractivity contribution in [3.8, 4) is 11.5 Å². The highest BCUT2D eigenvalue weighted by Gasteiger charge is 2.11. The Morgan fingerprint density at radius 3 is 2.38 bits per heavy atom. The molecule has 0 aliphatic heterocycles. The first-order valence-corrected chi connectivity index (χ1v) is 9.08. The van der Waals surface area contributed by atoms with Crippen LogP contribution in [0.2, 0.25) is 0 Å². The summed E-state index contributed by atoms with van der Waals surface area (Å²) in [5.41, 5.74) is 3.02. The van der Waals surface area contributed by atoms with Crippen molar-refractivity contribution in [3.05, 3.63) is 83.4 Å². The van der Waals surface area contributed by atoms with E-state index in [0.29, 0.717) is 11.3 Å². The summed E-state index contributed by atoms with van der Waals surface area (Å²) < 4.78 is 5.10. The van der Waals surface area contributed by atoms with E-state index in [1.165, 1.54) is 6.07 Å². The van der Waals surface area contributed by atoms with Crippen LogP contribution in [0.5, 0.6) is 11.5 Å². The molecule has 0 heterocycles. The Kier molecular flexibility index (Phi) is 6.14. The van der Waals surface area contributed by atoms with Gasteiger partial charge in [0.2, 0.25) is 5.91 Å². The number of hydrogen-bond acceptors (Lipinski definition) is 4. The minimum absolute atomic E-state index is 0.131. The fraction of sp³-hybridized carbons (Fsp3) is 0.130. The van der Waals surface area contributed by atoms with E-state index >= 15 is 0 Å². The molecule has 0 atom stereocenters.